The zero-order valence-electron chi connectivity index (χ0n) is 8.50. The first-order valence-electron chi connectivity index (χ1n) is 4.88. The molecule has 1 aromatic carbocycles. The summed E-state index contributed by atoms with van der Waals surface area (Å²) in [6, 6.07) is 5.47. The van der Waals surface area contributed by atoms with Crippen LogP contribution in [-0.4, -0.2) is 10.9 Å². The predicted octanol–water partition coefficient (Wildman–Crippen LogP) is 2.19. The van der Waals surface area contributed by atoms with Crippen LogP contribution in [0.2, 0.25) is 0 Å². The van der Waals surface area contributed by atoms with E-state index in [1.807, 2.05) is 26.0 Å². The average Bonchev–Trinajstić information content (AvgIpc) is 2.11. The topological polar surface area (TPSA) is 37.3 Å². The molecule has 0 amide bonds. The molecule has 1 aromatic rings. The standard InChI is InChI=1S/C12H14O2/c1-12(2)10(14)7-6-8-4-3-5-9(13)11(8)12/h3-5,13H,6-7H2,1-2H3. The molecule has 0 saturated carbocycles. The summed E-state index contributed by atoms with van der Waals surface area (Å²) in [5, 5.41) is 9.76. The monoisotopic (exact) mass is 190 g/mol. The minimum absolute atomic E-state index is 0.214. The van der Waals surface area contributed by atoms with Crippen molar-refractivity contribution in [3.8, 4) is 5.75 Å². The van der Waals surface area contributed by atoms with E-state index in [4.69, 9.17) is 0 Å². The normalized spacial score (nSPS) is 19.1. The van der Waals surface area contributed by atoms with E-state index in [-0.39, 0.29) is 11.5 Å². The highest BCUT2D eigenvalue weighted by atomic mass is 16.3. The van der Waals surface area contributed by atoms with Gasteiger partial charge in [-0.1, -0.05) is 12.1 Å². The number of aromatic hydroxyl groups is 1. The van der Waals surface area contributed by atoms with Crippen molar-refractivity contribution in [1.29, 1.82) is 0 Å². The summed E-state index contributed by atoms with van der Waals surface area (Å²) in [6.45, 7) is 3.76. The van der Waals surface area contributed by atoms with Gasteiger partial charge in [0.25, 0.3) is 0 Å². The second-order valence-electron chi connectivity index (χ2n) is 4.36. The highest BCUT2D eigenvalue weighted by Gasteiger charge is 2.36. The van der Waals surface area contributed by atoms with Crippen molar-refractivity contribution in [3.63, 3.8) is 0 Å². The molecule has 0 aliphatic heterocycles. The highest BCUT2D eigenvalue weighted by Crippen LogP contribution is 2.39. The fourth-order valence-electron chi connectivity index (χ4n) is 2.22. The van der Waals surface area contributed by atoms with E-state index in [1.165, 1.54) is 0 Å². The molecule has 0 spiro atoms. The van der Waals surface area contributed by atoms with Gasteiger partial charge in [-0.15, -0.1) is 0 Å². The van der Waals surface area contributed by atoms with Gasteiger partial charge in [0.05, 0.1) is 5.41 Å². The van der Waals surface area contributed by atoms with Crippen molar-refractivity contribution in [2.24, 2.45) is 0 Å². The van der Waals surface area contributed by atoms with E-state index in [0.29, 0.717) is 6.42 Å². The molecule has 0 heterocycles. The molecule has 0 bridgehead atoms. The smallest absolute Gasteiger partial charge is 0.143 e. The zero-order valence-corrected chi connectivity index (χ0v) is 8.50. The number of hydrogen-bond donors (Lipinski definition) is 1. The Morgan fingerprint density at radius 3 is 2.71 bits per heavy atom. The van der Waals surface area contributed by atoms with E-state index in [9.17, 15) is 9.90 Å². The number of carbonyl (C=O) groups excluding carboxylic acids is 1. The summed E-state index contributed by atoms with van der Waals surface area (Å²) in [6.07, 6.45) is 1.34. The molecule has 0 saturated heterocycles. The van der Waals surface area contributed by atoms with Crippen LogP contribution in [-0.2, 0) is 16.6 Å². The number of fused-ring (bicyclic) bond motifs is 1. The van der Waals surface area contributed by atoms with Gasteiger partial charge in [-0.3, -0.25) is 4.79 Å². The maximum Gasteiger partial charge on any atom is 0.143 e. The predicted molar refractivity (Wildman–Crippen MR) is 54.5 cm³/mol. The van der Waals surface area contributed by atoms with Crippen LogP contribution in [0.15, 0.2) is 18.2 Å². The summed E-state index contributed by atoms with van der Waals surface area (Å²) < 4.78 is 0. The van der Waals surface area contributed by atoms with Crippen LogP contribution in [0, 0.1) is 0 Å². The Morgan fingerprint density at radius 1 is 1.29 bits per heavy atom. The second-order valence-corrected chi connectivity index (χ2v) is 4.36. The van der Waals surface area contributed by atoms with Crippen LogP contribution < -0.4 is 0 Å². The summed E-state index contributed by atoms with van der Waals surface area (Å²) in [4.78, 5) is 11.7. The molecule has 2 rings (SSSR count). The maximum atomic E-state index is 11.7. The van der Waals surface area contributed by atoms with E-state index in [2.05, 4.69) is 0 Å². The van der Waals surface area contributed by atoms with Gasteiger partial charge in [0.1, 0.15) is 11.5 Å². The fourth-order valence-corrected chi connectivity index (χ4v) is 2.22. The molecule has 0 unspecified atom stereocenters. The first-order valence-corrected chi connectivity index (χ1v) is 4.88. The van der Waals surface area contributed by atoms with Crippen molar-refractivity contribution in [1.82, 2.24) is 0 Å². The second kappa shape index (κ2) is 2.84. The Labute approximate surface area is 83.6 Å². The van der Waals surface area contributed by atoms with Gasteiger partial charge in [-0.2, -0.15) is 0 Å². The lowest BCUT2D eigenvalue weighted by molar-refractivity contribution is -0.124. The molecule has 0 aromatic heterocycles. The van der Waals surface area contributed by atoms with E-state index in [0.717, 1.165) is 17.5 Å². The molecule has 0 fully saturated rings. The number of rotatable bonds is 0. The van der Waals surface area contributed by atoms with Gasteiger partial charge in [0.2, 0.25) is 0 Å². The van der Waals surface area contributed by atoms with Crippen LogP contribution in [0.4, 0.5) is 0 Å². The number of hydrogen-bond acceptors (Lipinski definition) is 2. The van der Waals surface area contributed by atoms with Gasteiger partial charge in [0.15, 0.2) is 0 Å². The first kappa shape index (κ1) is 9.25. The summed E-state index contributed by atoms with van der Waals surface area (Å²) >= 11 is 0. The molecule has 0 radical (unpaired) electrons. The molecule has 1 aliphatic rings. The first-order chi connectivity index (χ1) is 6.53. The number of phenolic OH excluding ortho intramolecular Hbond substituents is 1. The number of Topliss-reactive ketones (excluding diaryl/α,β-unsaturated/α-hetero) is 1. The average molecular weight is 190 g/mol. The molecule has 74 valence electrons. The molecule has 1 aliphatic carbocycles. The number of ketones is 1. The Hall–Kier alpha value is -1.31. The molecular formula is C12H14O2. The molecule has 0 atom stereocenters. The highest BCUT2D eigenvalue weighted by molar-refractivity contribution is 5.92. The van der Waals surface area contributed by atoms with Crippen molar-refractivity contribution >= 4 is 5.78 Å². The SMILES string of the molecule is CC1(C)C(=O)CCc2cccc(O)c21. The van der Waals surface area contributed by atoms with Crippen LogP contribution in [0.5, 0.6) is 5.75 Å². The Bertz CT molecular complexity index is 391. The van der Waals surface area contributed by atoms with Gasteiger partial charge >= 0.3 is 0 Å². The largest absolute Gasteiger partial charge is 0.508 e. The van der Waals surface area contributed by atoms with Gasteiger partial charge in [0, 0.05) is 12.0 Å². The fraction of sp³-hybridized carbons (Fsp3) is 0.417. The van der Waals surface area contributed by atoms with Gasteiger partial charge < -0.3 is 5.11 Å². The van der Waals surface area contributed by atoms with Crippen molar-refractivity contribution < 1.29 is 9.90 Å². The summed E-state index contributed by atoms with van der Waals surface area (Å²) in [5.41, 5.74) is 1.39. The lowest BCUT2D eigenvalue weighted by Gasteiger charge is -2.31. The lowest BCUT2D eigenvalue weighted by atomic mass is 9.71. The number of phenols is 1. The minimum atomic E-state index is -0.529. The van der Waals surface area contributed by atoms with Gasteiger partial charge in [-0.25, -0.2) is 0 Å². The number of benzene rings is 1. The third-order valence-electron chi connectivity index (χ3n) is 3.07. The molecule has 14 heavy (non-hydrogen) atoms. The third kappa shape index (κ3) is 1.14. The van der Waals surface area contributed by atoms with E-state index < -0.39 is 5.41 Å². The van der Waals surface area contributed by atoms with Crippen LogP contribution in [0.25, 0.3) is 0 Å². The maximum absolute atomic E-state index is 11.7. The third-order valence-corrected chi connectivity index (χ3v) is 3.07. The summed E-state index contributed by atoms with van der Waals surface area (Å²) in [7, 11) is 0. The quantitative estimate of drug-likeness (QED) is 0.680. The molecule has 2 heteroatoms. The molecular weight excluding hydrogens is 176 g/mol. The van der Waals surface area contributed by atoms with Crippen LogP contribution in [0.3, 0.4) is 0 Å². The lowest BCUT2D eigenvalue weighted by Crippen LogP contribution is -2.34. The summed E-state index contributed by atoms with van der Waals surface area (Å²) in [5.74, 6) is 0.465. The Balaban J connectivity index is 2.67. The Kier molecular flexibility index (Phi) is 1.88. The van der Waals surface area contributed by atoms with Crippen LogP contribution >= 0.6 is 0 Å². The van der Waals surface area contributed by atoms with E-state index in [1.54, 1.807) is 6.07 Å². The Morgan fingerprint density at radius 2 is 2.00 bits per heavy atom. The number of carbonyl (C=O) groups is 1. The van der Waals surface area contributed by atoms with Crippen LogP contribution in [0.1, 0.15) is 31.4 Å². The van der Waals surface area contributed by atoms with Crippen molar-refractivity contribution in [2.45, 2.75) is 32.1 Å². The van der Waals surface area contributed by atoms with Gasteiger partial charge in [-0.05, 0) is 31.9 Å². The molecule has 1 N–H and O–H groups in total. The van der Waals surface area contributed by atoms with Crippen molar-refractivity contribution in [3.05, 3.63) is 29.3 Å². The molecule has 2 nitrogen and oxygen atoms in total. The van der Waals surface area contributed by atoms with E-state index >= 15 is 0 Å². The minimum Gasteiger partial charge on any atom is -0.508 e. The van der Waals surface area contributed by atoms with Crippen molar-refractivity contribution in [2.75, 3.05) is 0 Å². The number of aryl methyl sites for hydroxylation is 1. The zero-order chi connectivity index (χ0) is 10.3.